The molecule has 0 fully saturated rings. The fraction of sp³-hybridized carbons (Fsp3) is 0.0400. The average Bonchev–Trinajstić information content (AvgIpc) is 3.64. The van der Waals surface area contributed by atoms with Crippen LogP contribution in [0.2, 0.25) is 0 Å². The summed E-state index contributed by atoms with van der Waals surface area (Å²) in [5.41, 5.74) is 8.91. The van der Waals surface area contributed by atoms with Crippen LogP contribution >= 0.6 is 0 Å². The number of hydrogen-bond donors (Lipinski definition) is 6. The van der Waals surface area contributed by atoms with Crippen molar-refractivity contribution in [1.29, 1.82) is 0 Å². The van der Waals surface area contributed by atoms with E-state index in [0.717, 1.165) is 77.4 Å². The topological polar surface area (TPSA) is 126 Å². The lowest BCUT2D eigenvalue weighted by Gasteiger charge is -2.41. The summed E-state index contributed by atoms with van der Waals surface area (Å²) in [4.78, 5) is 20.4. The lowest BCUT2D eigenvalue weighted by molar-refractivity contribution is -0.109. The number of ketones is 1. The number of carbonyl (C=O) groups is 1. The summed E-state index contributed by atoms with van der Waals surface area (Å²) in [6.07, 6.45) is 0. The highest BCUT2D eigenvalue weighted by atomic mass is 16.3. The summed E-state index contributed by atoms with van der Waals surface area (Å²) in [6.45, 7) is 0. The van der Waals surface area contributed by atoms with E-state index in [2.05, 4.69) is 34.1 Å². The lowest BCUT2D eigenvalue weighted by Crippen LogP contribution is -2.45. The molecule has 0 aromatic heterocycles. The van der Waals surface area contributed by atoms with E-state index in [1.165, 1.54) is 0 Å². The van der Waals surface area contributed by atoms with Gasteiger partial charge in [-0.15, -0.1) is 0 Å². The number of rotatable bonds is 1. The number of aromatic hydroxyl groups is 2. The number of aliphatic hydroxyl groups is 1. The number of anilines is 3. The Labute approximate surface area is 330 Å². The Hall–Kier alpha value is -7.84. The molecule has 8 aromatic rings. The first-order valence-electron chi connectivity index (χ1n) is 19.3. The van der Waals surface area contributed by atoms with Crippen LogP contribution in [-0.2, 0) is 16.1 Å². The molecule has 2 atom stereocenters. The summed E-state index contributed by atoms with van der Waals surface area (Å²) < 4.78 is 0. The number of fused-ring (bicyclic) bond motifs is 10. The van der Waals surface area contributed by atoms with E-state index in [-0.39, 0.29) is 34.2 Å². The molecule has 8 heteroatoms. The third-order valence-corrected chi connectivity index (χ3v) is 12.8. The Morgan fingerprint density at radius 2 is 1.09 bits per heavy atom. The van der Waals surface area contributed by atoms with Crippen LogP contribution in [0.1, 0.15) is 27.8 Å². The first kappa shape index (κ1) is 31.4. The van der Waals surface area contributed by atoms with E-state index < -0.39 is 11.3 Å². The van der Waals surface area contributed by atoms with Gasteiger partial charge in [-0.25, -0.2) is 4.99 Å². The molecular weight excluding hydrogens is 721 g/mol. The van der Waals surface area contributed by atoms with Crippen molar-refractivity contribution in [3.63, 3.8) is 0 Å². The van der Waals surface area contributed by atoms with Crippen molar-refractivity contribution >= 4 is 55.5 Å². The number of benzene rings is 8. The van der Waals surface area contributed by atoms with Gasteiger partial charge in [-0.2, -0.15) is 0 Å². The molecule has 3 aliphatic carbocycles. The van der Waals surface area contributed by atoms with Gasteiger partial charge in [-0.05, 0) is 69.4 Å². The summed E-state index contributed by atoms with van der Waals surface area (Å²) in [5.74, 6) is -0.112. The number of carbonyl (C=O) groups excluding carboxylic acids is 1. The van der Waals surface area contributed by atoms with Crippen molar-refractivity contribution in [2.45, 2.75) is 11.3 Å². The molecule has 0 bridgehead atoms. The second kappa shape index (κ2) is 10.5. The van der Waals surface area contributed by atoms with Crippen molar-refractivity contribution in [2.24, 2.45) is 4.99 Å². The number of nitrogens with zero attached hydrogens (tertiary/aromatic N) is 1. The summed E-state index contributed by atoms with van der Waals surface area (Å²) in [6, 6.07) is 46.8. The fourth-order valence-corrected chi connectivity index (χ4v) is 10.4. The van der Waals surface area contributed by atoms with Crippen LogP contribution in [-0.4, -0.2) is 21.1 Å². The Balaban J connectivity index is 1.06. The Bertz CT molecular complexity index is 3460. The third kappa shape index (κ3) is 3.70. The molecule has 5 aliphatic rings. The molecule has 0 saturated carbocycles. The van der Waals surface area contributed by atoms with E-state index >= 15 is 0 Å². The summed E-state index contributed by atoms with van der Waals surface area (Å²) >= 11 is 0. The van der Waals surface area contributed by atoms with E-state index in [1.807, 2.05) is 103 Å². The second-order valence-electron chi connectivity index (χ2n) is 15.7. The largest absolute Gasteiger partial charge is 0.508 e. The zero-order chi connectivity index (χ0) is 38.7. The minimum absolute atomic E-state index is 0.0990. The Kier molecular flexibility index (Phi) is 5.68. The summed E-state index contributed by atoms with van der Waals surface area (Å²) in [7, 11) is 0. The highest BCUT2D eigenvalue weighted by molar-refractivity contribution is 6.52. The van der Waals surface area contributed by atoms with Gasteiger partial charge in [0.2, 0.25) is 5.78 Å². The zero-order valence-corrected chi connectivity index (χ0v) is 30.6. The van der Waals surface area contributed by atoms with Gasteiger partial charge in [0, 0.05) is 55.2 Å². The van der Waals surface area contributed by atoms with Crippen molar-refractivity contribution in [3.05, 3.63) is 190 Å². The predicted octanol–water partition coefficient (Wildman–Crippen LogP) is 8.75. The van der Waals surface area contributed by atoms with Crippen LogP contribution in [0.4, 0.5) is 17.1 Å². The van der Waals surface area contributed by atoms with Crippen LogP contribution in [0.25, 0.3) is 54.9 Å². The van der Waals surface area contributed by atoms with Gasteiger partial charge < -0.3 is 31.3 Å². The molecule has 13 rings (SSSR count). The molecule has 2 aliphatic heterocycles. The van der Waals surface area contributed by atoms with Crippen LogP contribution < -0.4 is 26.5 Å². The first-order valence-corrected chi connectivity index (χ1v) is 19.3. The Morgan fingerprint density at radius 3 is 1.84 bits per heavy atom. The first-order chi connectivity index (χ1) is 28.3. The monoisotopic (exact) mass is 750 g/mol. The molecule has 274 valence electrons. The molecule has 0 radical (unpaired) electrons. The zero-order valence-electron chi connectivity index (χ0n) is 30.6. The molecule has 0 saturated heterocycles. The smallest absolute Gasteiger partial charge is 0.201 e. The minimum atomic E-state index is -1.09. The van der Waals surface area contributed by atoms with E-state index in [1.54, 1.807) is 24.3 Å². The van der Waals surface area contributed by atoms with Crippen LogP contribution in [0.5, 0.6) is 11.5 Å². The molecule has 2 unspecified atom stereocenters. The van der Waals surface area contributed by atoms with E-state index in [4.69, 9.17) is 4.99 Å². The Morgan fingerprint density at radius 1 is 0.483 bits per heavy atom. The molecule has 0 amide bonds. The molecule has 6 N–H and O–H groups in total. The van der Waals surface area contributed by atoms with Crippen LogP contribution in [0, 0.1) is 0 Å². The van der Waals surface area contributed by atoms with Crippen molar-refractivity contribution in [2.75, 3.05) is 16.0 Å². The second-order valence-corrected chi connectivity index (χ2v) is 15.7. The molecule has 8 nitrogen and oxygen atoms in total. The maximum atomic E-state index is 14.9. The minimum Gasteiger partial charge on any atom is -0.508 e. The van der Waals surface area contributed by atoms with E-state index in [9.17, 15) is 20.1 Å². The number of allylic oxidation sites excluding steroid dienone is 2. The van der Waals surface area contributed by atoms with Crippen LogP contribution in [0.15, 0.2) is 156 Å². The summed E-state index contributed by atoms with van der Waals surface area (Å²) in [5, 5.41) is 50.0. The third-order valence-electron chi connectivity index (χ3n) is 12.8. The van der Waals surface area contributed by atoms with Gasteiger partial charge in [-0.1, -0.05) is 109 Å². The maximum Gasteiger partial charge on any atom is 0.201 e. The van der Waals surface area contributed by atoms with Crippen molar-refractivity contribution in [1.82, 2.24) is 0 Å². The maximum absolute atomic E-state index is 14.9. The fourth-order valence-electron chi connectivity index (χ4n) is 10.4. The highest BCUT2D eigenvalue weighted by Crippen LogP contribution is 2.56. The quantitative estimate of drug-likeness (QED) is 0.0991. The number of phenolic OH excluding ortho intramolecular Hbond substituents is 2. The van der Waals surface area contributed by atoms with Crippen molar-refractivity contribution in [3.8, 4) is 33.8 Å². The van der Waals surface area contributed by atoms with Gasteiger partial charge in [0.05, 0.1) is 22.2 Å². The number of Topliss-reactive ketones (excluding diaryl/α,β-unsaturated/α-hetero) is 1. The number of aliphatic hydroxyl groups excluding tert-OH is 1. The molecule has 2 spiro atoms. The van der Waals surface area contributed by atoms with Gasteiger partial charge in [-0.3, -0.25) is 4.79 Å². The van der Waals surface area contributed by atoms with Gasteiger partial charge in [0.1, 0.15) is 17.3 Å². The van der Waals surface area contributed by atoms with Gasteiger partial charge in [0.15, 0.2) is 11.3 Å². The normalized spacial score (nSPS) is 20.8. The molecule has 2 heterocycles. The highest BCUT2D eigenvalue weighted by Gasteiger charge is 2.49. The van der Waals surface area contributed by atoms with Crippen LogP contribution in [0.3, 0.4) is 0 Å². The average molecular weight is 751 g/mol. The van der Waals surface area contributed by atoms with E-state index in [0.29, 0.717) is 21.8 Å². The number of phenols is 2. The molecule has 58 heavy (non-hydrogen) atoms. The van der Waals surface area contributed by atoms with Gasteiger partial charge >= 0.3 is 0 Å². The number of nitrogens with one attached hydrogen (secondary N) is 3. The van der Waals surface area contributed by atoms with Gasteiger partial charge in [0.25, 0.3) is 0 Å². The molecular formula is C50H30N4O4. The molecule has 8 aromatic carbocycles. The predicted molar refractivity (Wildman–Crippen MR) is 226 cm³/mol. The standard InChI is InChI=1S/C50H30N4O4/c55-27-17-21-31-29-9-1-3-11-35(29)49(37(31)23-27)51-39-13-5-7-25-15-19-33(45(53-49)41(25)39)43-47(57)44(48(43)58)34-20-16-26-8-6-14-40-42(26)46(34)54-50(52-40)36-12-4-2-10-30(36)32-22-18-28(56)24-38(32)50/h1-24,51-53,55-57H/b44-34-. The number of hydrogen-bond acceptors (Lipinski definition) is 8. The lowest BCUT2D eigenvalue weighted by atomic mass is 9.79. The SMILES string of the molecule is O=C1C(c2ccc3cccc4c3c2NC2(N4)c3ccccc3-c3ccc(O)cc32)=C(O)/C1=c1\ccc2cccc3c2c1=NC1(N3)c2ccccc2-c2ccc(O)cc21. The van der Waals surface area contributed by atoms with Crippen molar-refractivity contribution < 1.29 is 20.1 Å².